The summed E-state index contributed by atoms with van der Waals surface area (Å²) < 4.78 is 22.1. The number of carbonyl (C=O) groups excluding carboxylic acids is 7. The first kappa shape index (κ1) is 71.8. The zero-order valence-electron chi connectivity index (χ0n) is 55.1. The van der Waals surface area contributed by atoms with Gasteiger partial charge in [-0.15, -0.1) is 17.9 Å². The average molecular weight is 1300 g/mol. The van der Waals surface area contributed by atoms with Crippen LogP contribution in [0.2, 0.25) is 0 Å². The standard InChI is InChI=1S/C24H24N2O6.C24H27NO5.C20H21NO4.C3H7NO2.C2H2/c1-14(2)22(23(29)32-26-20(27)11-12-21(26)28)25-24(30)31-13-19-17-9-5-3-7-15(17)16-8-4-6-10-18(16)19;1-14(2)22(21(26)12-15(3)23(27)28)25-24(29)30-13-20-18-10-6-4-8-16(18)17-9-5-7-11-19(17)20;1-12(2)18(19(22)23)21-20(24)25-11-17-15-9-5-3-7-13(15)14-8-4-6-10-16(14)17;1-2(4)3(5)6;1-2/h3-10,14,19,22H,11-13H2,1-2H3,(H,25,30);4-11,14-15,20,22H,12-13H2,1-3H3,(H,25,29)(H,27,28);3-10,12,17-18H,11H2,1-2H3,(H,21,24)(H,22,23);2H,4H2,1H3,(H,5,6);1-2H/t22-;15-,22+;18-;2-;/m0100./s1/i;;;;1D. The van der Waals surface area contributed by atoms with Crippen LogP contribution in [0.3, 0.4) is 0 Å². The molecule has 5 amide bonds. The van der Waals surface area contributed by atoms with Gasteiger partial charge in [0.05, 0.1) is 12.0 Å². The van der Waals surface area contributed by atoms with Gasteiger partial charge in [-0.3, -0.25) is 24.0 Å². The van der Waals surface area contributed by atoms with Gasteiger partial charge in [-0.05, 0) is 91.4 Å². The van der Waals surface area contributed by atoms with Gasteiger partial charge in [-0.25, -0.2) is 24.0 Å². The Morgan fingerprint density at radius 3 is 0.989 bits per heavy atom. The van der Waals surface area contributed by atoms with E-state index in [1.54, 1.807) is 41.5 Å². The molecule has 4 aliphatic rings. The molecule has 8 N–H and O–H groups in total. The predicted octanol–water partition coefficient (Wildman–Crippen LogP) is 10.7. The molecule has 1 fully saturated rings. The molecule has 10 rings (SSSR count). The summed E-state index contributed by atoms with van der Waals surface area (Å²) in [5.74, 6) is -7.20. The summed E-state index contributed by atoms with van der Waals surface area (Å²) in [6.07, 6.45) is 3.47. The van der Waals surface area contributed by atoms with Gasteiger partial charge in [0, 0.05) is 37.0 Å². The second-order valence-corrected chi connectivity index (χ2v) is 23.9. The number of nitrogens with one attached hydrogen (secondary N) is 3. The lowest BCUT2D eigenvalue weighted by atomic mass is 9.93. The first-order valence-corrected chi connectivity index (χ1v) is 31.0. The Bertz CT molecular complexity index is 3690. The molecular formula is C73H81N5O17. The Balaban J connectivity index is 0.000000215. The fourth-order valence-electron chi connectivity index (χ4n) is 11.3. The van der Waals surface area contributed by atoms with Gasteiger partial charge in [0.2, 0.25) is 0 Å². The topological polar surface area (TPSA) is 334 Å². The number of aliphatic carboxylic acids is 3. The average Bonchev–Trinajstić information content (AvgIpc) is 1.64. The molecule has 0 unspecified atom stereocenters. The normalized spacial score (nSPS) is 14.6. The van der Waals surface area contributed by atoms with Crippen LogP contribution in [0.5, 0.6) is 0 Å². The molecule has 3 aliphatic carbocycles. The van der Waals surface area contributed by atoms with Crippen molar-refractivity contribution in [3.05, 3.63) is 179 Å². The van der Waals surface area contributed by atoms with Crippen molar-refractivity contribution in [1.29, 1.82) is 0 Å². The van der Waals surface area contributed by atoms with Crippen LogP contribution in [0.4, 0.5) is 14.4 Å². The molecule has 5 atom stereocenters. The minimum Gasteiger partial charge on any atom is -0.481 e. The van der Waals surface area contributed by atoms with E-state index in [0.717, 1.165) is 66.8 Å². The number of rotatable bonds is 20. The Hall–Kier alpha value is -10.7. The number of carboxylic acids is 3. The van der Waals surface area contributed by atoms with Gasteiger partial charge in [0.25, 0.3) is 11.8 Å². The van der Waals surface area contributed by atoms with E-state index in [2.05, 4.69) is 46.6 Å². The van der Waals surface area contributed by atoms with Gasteiger partial charge in [-0.2, -0.15) is 0 Å². The number of hydroxylamine groups is 2. The van der Waals surface area contributed by atoms with Crippen molar-refractivity contribution in [3.8, 4) is 46.2 Å². The number of fused-ring (bicyclic) bond motifs is 9. The van der Waals surface area contributed by atoms with Crippen LogP contribution in [0.1, 0.15) is 127 Å². The van der Waals surface area contributed by atoms with Crippen LogP contribution in [-0.4, -0.2) is 124 Å². The van der Waals surface area contributed by atoms with Crippen molar-refractivity contribution < 1.29 is 83.7 Å². The van der Waals surface area contributed by atoms with E-state index in [1.807, 2.05) is 121 Å². The van der Waals surface area contributed by atoms with Crippen molar-refractivity contribution in [3.63, 3.8) is 0 Å². The Kier molecular flexibility index (Phi) is 25.9. The monoisotopic (exact) mass is 1300 g/mol. The summed E-state index contributed by atoms with van der Waals surface area (Å²) >= 11 is 0. The molecule has 95 heavy (non-hydrogen) atoms. The summed E-state index contributed by atoms with van der Waals surface area (Å²) in [6.45, 7) is 13.8. The lowest BCUT2D eigenvalue weighted by Gasteiger charge is -2.23. The lowest BCUT2D eigenvalue weighted by molar-refractivity contribution is -0.199. The third-order valence-electron chi connectivity index (χ3n) is 16.2. The number of amides is 5. The van der Waals surface area contributed by atoms with Crippen molar-refractivity contribution in [2.75, 3.05) is 19.8 Å². The molecule has 0 aromatic heterocycles. The van der Waals surface area contributed by atoms with Crippen molar-refractivity contribution in [2.24, 2.45) is 29.4 Å². The number of imide groups is 1. The number of benzene rings is 6. The number of nitrogens with two attached hydrogens (primary N) is 1. The number of ketones is 1. The van der Waals surface area contributed by atoms with Crippen LogP contribution >= 0.6 is 0 Å². The number of hydrogen-bond acceptors (Lipinski definition) is 15. The highest BCUT2D eigenvalue weighted by Crippen LogP contribution is 2.47. The smallest absolute Gasteiger partial charge is 0.407 e. The van der Waals surface area contributed by atoms with Gasteiger partial charge in [-0.1, -0.05) is 194 Å². The highest BCUT2D eigenvalue weighted by molar-refractivity contribution is 6.02. The Labute approximate surface area is 553 Å². The largest absolute Gasteiger partial charge is 0.481 e. The number of ether oxygens (including phenoxy) is 3. The van der Waals surface area contributed by atoms with Gasteiger partial charge in [0.15, 0.2) is 5.78 Å². The minimum atomic E-state index is -1.08. The van der Waals surface area contributed by atoms with E-state index in [4.69, 9.17) is 41.5 Å². The summed E-state index contributed by atoms with van der Waals surface area (Å²) in [7, 11) is 0. The van der Waals surface area contributed by atoms with Crippen LogP contribution in [0, 0.1) is 36.5 Å². The van der Waals surface area contributed by atoms with Crippen LogP contribution in [-0.2, 0) is 52.6 Å². The summed E-state index contributed by atoms with van der Waals surface area (Å²) in [5, 5.41) is 34.1. The van der Waals surface area contributed by atoms with E-state index in [9.17, 15) is 47.9 Å². The molecule has 6 aromatic carbocycles. The number of hydrogen-bond donors (Lipinski definition) is 7. The Morgan fingerprint density at radius 1 is 0.474 bits per heavy atom. The van der Waals surface area contributed by atoms with Gasteiger partial charge in [0.1, 0.15) is 39.3 Å². The van der Waals surface area contributed by atoms with Crippen LogP contribution in [0.15, 0.2) is 146 Å². The quantitative estimate of drug-likeness (QED) is 0.0212. The van der Waals surface area contributed by atoms with E-state index in [1.165, 1.54) is 20.2 Å². The fourth-order valence-corrected chi connectivity index (χ4v) is 11.3. The van der Waals surface area contributed by atoms with E-state index >= 15 is 0 Å². The maximum absolute atomic E-state index is 12.5. The maximum atomic E-state index is 12.5. The third-order valence-corrected chi connectivity index (χ3v) is 16.2. The first-order chi connectivity index (χ1) is 45.7. The number of carboxylic acid groups (broad SMARTS) is 3. The minimum absolute atomic E-state index is 0.00172. The molecular weight excluding hydrogens is 1220 g/mol. The van der Waals surface area contributed by atoms with Gasteiger partial charge < -0.3 is 56.1 Å². The number of Topliss-reactive ketones (excluding diaryl/α,β-unsaturated/α-hetero) is 1. The number of terminal acetylenes is 1. The fraction of sp³-hybridized carbons (Fsp3) is 0.342. The molecule has 0 radical (unpaired) electrons. The highest BCUT2D eigenvalue weighted by Gasteiger charge is 2.38. The molecule has 22 heteroatoms. The molecule has 0 saturated carbocycles. The molecule has 1 aliphatic heterocycles. The predicted molar refractivity (Wildman–Crippen MR) is 353 cm³/mol. The molecule has 1 saturated heterocycles. The lowest BCUT2D eigenvalue weighted by Crippen LogP contribution is -2.48. The SMILES string of the molecule is CC(C)[C@H](NC(=O)OCC1c2ccccc2-c2ccccc21)C(=O)C[C@@H](C)C(=O)O.CC(C)[C@H](NC(=O)OCC1c2ccccc2-c2ccccc21)C(=O)O.CC(C)[C@H](NC(=O)OCC1c2ccccc2-c2ccccc21)C(=O)ON1C(=O)CCC1=O.C[C@H](N)C(=O)O.[2H]C#C. The second kappa shape index (κ2) is 34.3. The van der Waals surface area contributed by atoms with Crippen molar-refractivity contribution in [2.45, 2.75) is 117 Å². The summed E-state index contributed by atoms with van der Waals surface area (Å²) in [5.41, 5.74) is 18.3. The zero-order chi connectivity index (χ0) is 70.5. The number of alkyl carbamates (subject to hydrolysis) is 3. The highest BCUT2D eigenvalue weighted by atomic mass is 16.7. The number of nitrogens with zero attached hydrogens (tertiary/aromatic N) is 1. The number of carbonyl (C=O) groups is 10. The summed E-state index contributed by atoms with van der Waals surface area (Å²) in [4.78, 5) is 122. The molecule has 6 aromatic rings. The first-order valence-electron chi connectivity index (χ1n) is 31.5. The Morgan fingerprint density at radius 2 is 0.737 bits per heavy atom. The maximum Gasteiger partial charge on any atom is 0.407 e. The van der Waals surface area contributed by atoms with E-state index in [-0.39, 0.29) is 80.4 Å². The summed E-state index contributed by atoms with van der Waals surface area (Å²) in [6, 6.07) is 44.6. The van der Waals surface area contributed by atoms with Crippen molar-refractivity contribution >= 4 is 59.8 Å². The molecule has 1 heterocycles. The van der Waals surface area contributed by atoms with Crippen molar-refractivity contribution in [1.82, 2.24) is 21.0 Å². The molecule has 0 bridgehead atoms. The van der Waals surface area contributed by atoms with E-state index in [0.29, 0.717) is 5.06 Å². The molecule has 22 nitrogen and oxygen atoms in total. The molecule has 500 valence electrons. The third kappa shape index (κ3) is 18.8. The van der Waals surface area contributed by atoms with Gasteiger partial charge >= 0.3 is 42.2 Å². The molecule has 0 spiro atoms. The van der Waals surface area contributed by atoms with Crippen LogP contribution < -0.4 is 21.7 Å². The van der Waals surface area contributed by atoms with E-state index < -0.39 is 84.1 Å². The second-order valence-electron chi connectivity index (χ2n) is 23.9. The zero-order valence-corrected chi connectivity index (χ0v) is 54.1. The van der Waals surface area contributed by atoms with Crippen LogP contribution in [0.25, 0.3) is 33.4 Å².